The van der Waals surface area contributed by atoms with E-state index in [1.807, 2.05) is 30.3 Å². The molecule has 0 bridgehead atoms. The number of nitrogens with zero attached hydrogens (tertiary/aromatic N) is 5. The van der Waals surface area contributed by atoms with E-state index in [1.54, 1.807) is 11.6 Å². The minimum absolute atomic E-state index is 0.128. The van der Waals surface area contributed by atoms with Gasteiger partial charge in [0.25, 0.3) is 11.6 Å². The number of nitro benzene ring substituents is 1. The van der Waals surface area contributed by atoms with Gasteiger partial charge in [0.05, 0.1) is 53.9 Å². The van der Waals surface area contributed by atoms with Crippen molar-refractivity contribution in [2.45, 2.75) is 20.0 Å². The quantitative estimate of drug-likeness (QED) is 0.360. The lowest BCUT2D eigenvalue weighted by Crippen LogP contribution is -2.45. The molecule has 2 aromatic carbocycles. The lowest BCUT2D eigenvalue weighted by Gasteiger charge is -2.27. The summed E-state index contributed by atoms with van der Waals surface area (Å²) in [6, 6.07) is 12.0. The smallest absolute Gasteiger partial charge is 0.429 e. The highest BCUT2D eigenvalue weighted by Gasteiger charge is 2.34. The number of hydrogen-bond acceptors (Lipinski definition) is 8. The van der Waals surface area contributed by atoms with Gasteiger partial charge in [-0.3, -0.25) is 14.9 Å². The monoisotopic (exact) mass is 495 g/mol. The van der Waals surface area contributed by atoms with Crippen molar-refractivity contribution in [1.82, 2.24) is 19.8 Å². The molecule has 3 aromatic rings. The normalized spacial score (nSPS) is 13.0. The minimum Gasteiger partial charge on any atom is -0.493 e. The molecule has 1 saturated heterocycles. The van der Waals surface area contributed by atoms with E-state index in [9.17, 15) is 19.7 Å². The summed E-state index contributed by atoms with van der Waals surface area (Å²) in [6.45, 7) is 1.98. The summed E-state index contributed by atoms with van der Waals surface area (Å²) < 4.78 is 17.3. The fourth-order valence-corrected chi connectivity index (χ4v) is 4.01. The predicted molar refractivity (Wildman–Crippen MR) is 127 cm³/mol. The van der Waals surface area contributed by atoms with Crippen LogP contribution in [0.25, 0.3) is 5.69 Å². The minimum atomic E-state index is -0.793. The van der Waals surface area contributed by atoms with Crippen LogP contribution in [-0.2, 0) is 11.3 Å². The van der Waals surface area contributed by atoms with Gasteiger partial charge in [-0.25, -0.2) is 19.5 Å². The van der Waals surface area contributed by atoms with Gasteiger partial charge in [0.1, 0.15) is 6.61 Å². The molecule has 0 atom stereocenters. The molecule has 0 aliphatic carbocycles. The lowest BCUT2D eigenvalue weighted by molar-refractivity contribution is -0.385. The average Bonchev–Trinajstić information content (AvgIpc) is 3.54. The fraction of sp³-hybridized carbons (Fsp3) is 0.292. The summed E-state index contributed by atoms with van der Waals surface area (Å²) in [5.74, 6) is 0.0567. The predicted octanol–water partition coefficient (Wildman–Crippen LogP) is 3.51. The zero-order valence-corrected chi connectivity index (χ0v) is 20.0. The van der Waals surface area contributed by atoms with Crippen LogP contribution in [0, 0.1) is 17.0 Å². The molecule has 1 aliphatic heterocycles. The molecule has 1 aromatic heterocycles. The zero-order valence-electron chi connectivity index (χ0n) is 20.0. The average molecular weight is 495 g/mol. The number of carbonyl (C=O) groups is 2. The summed E-state index contributed by atoms with van der Waals surface area (Å²) in [5, 5.41) is 18.4. The van der Waals surface area contributed by atoms with Crippen molar-refractivity contribution in [3.8, 4) is 17.2 Å². The molecule has 0 N–H and O–H groups in total. The second kappa shape index (κ2) is 10.3. The van der Waals surface area contributed by atoms with E-state index >= 15 is 0 Å². The Morgan fingerprint density at radius 2 is 1.72 bits per heavy atom. The number of amides is 2. The molecule has 1 aliphatic rings. The first kappa shape index (κ1) is 24.5. The Labute approximate surface area is 206 Å². The summed E-state index contributed by atoms with van der Waals surface area (Å²) in [4.78, 5) is 37.1. The van der Waals surface area contributed by atoms with Crippen molar-refractivity contribution in [3.63, 3.8) is 0 Å². The molecular weight excluding hydrogens is 470 g/mol. The Morgan fingerprint density at radius 3 is 2.39 bits per heavy atom. The molecular formula is C24H25N5O7. The molecule has 0 unspecified atom stereocenters. The van der Waals surface area contributed by atoms with Crippen LogP contribution in [0.15, 0.2) is 48.7 Å². The van der Waals surface area contributed by atoms with Crippen molar-refractivity contribution < 1.29 is 28.7 Å². The van der Waals surface area contributed by atoms with Gasteiger partial charge in [0.15, 0.2) is 11.5 Å². The molecule has 36 heavy (non-hydrogen) atoms. The summed E-state index contributed by atoms with van der Waals surface area (Å²) in [7, 11) is 2.76. The van der Waals surface area contributed by atoms with Crippen LogP contribution >= 0.6 is 0 Å². The second-order valence-corrected chi connectivity index (χ2v) is 7.94. The van der Waals surface area contributed by atoms with Gasteiger partial charge in [-0.1, -0.05) is 18.2 Å². The van der Waals surface area contributed by atoms with E-state index in [0.717, 1.165) is 5.69 Å². The van der Waals surface area contributed by atoms with Crippen LogP contribution < -0.4 is 9.47 Å². The first-order valence-electron chi connectivity index (χ1n) is 11.1. The lowest BCUT2D eigenvalue weighted by atomic mass is 10.1. The van der Waals surface area contributed by atoms with Crippen molar-refractivity contribution in [1.29, 1.82) is 0 Å². The number of nitro groups is 1. The van der Waals surface area contributed by atoms with Gasteiger partial charge in [-0.2, -0.15) is 5.10 Å². The molecule has 188 valence electrons. The Morgan fingerprint density at radius 1 is 1.06 bits per heavy atom. The van der Waals surface area contributed by atoms with E-state index in [1.165, 1.54) is 42.6 Å². The number of para-hydroxylation sites is 1. The number of methoxy groups -OCH3 is 2. The third kappa shape index (κ3) is 4.65. The van der Waals surface area contributed by atoms with Gasteiger partial charge >= 0.3 is 6.09 Å². The Bertz CT molecular complexity index is 1290. The van der Waals surface area contributed by atoms with Gasteiger partial charge in [-0.05, 0) is 31.5 Å². The van der Waals surface area contributed by atoms with Crippen molar-refractivity contribution >= 4 is 17.7 Å². The summed E-state index contributed by atoms with van der Waals surface area (Å²) in [5.41, 5.74) is 1.64. The number of rotatable bonds is 7. The van der Waals surface area contributed by atoms with Crippen molar-refractivity contribution in [2.75, 3.05) is 27.3 Å². The maximum Gasteiger partial charge on any atom is 0.429 e. The fourth-order valence-electron chi connectivity index (χ4n) is 4.01. The number of benzene rings is 2. The van der Waals surface area contributed by atoms with E-state index in [0.29, 0.717) is 24.2 Å². The Kier molecular flexibility index (Phi) is 7.04. The molecule has 4 rings (SSSR count). The first-order valence-corrected chi connectivity index (χ1v) is 11.1. The highest BCUT2D eigenvalue weighted by molar-refractivity contribution is 5.96. The Hall–Kier alpha value is -4.61. The topological polar surface area (TPSA) is 129 Å². The van der Waals surface area contributed by atoms with E-state index < -0.39 is 11.0 Å². The van der Waals surface area contributed by atoms with Crippen LogP contribution in [-0.4, -0.2) is 64.0 Å². The molecule has 1 fully saturated rings. The van der Waals surface area contributed by atoms with Gasteiger partial charge in [0, 0.05) is 13.1 Å². The highest BCUT2D eigenvalue weighted by Crippen LogP contribution is 2.35. The summed E-state index contributed by atoms with van der Waals surface area (Å²) >= 11 is 0. The SMILES string of the molecule is COc1cc(COC(=O)N2CCCN2C(=O)c2cnn(-c3ccccc3)c2C)c([N+](=O)[O-])cc1OC. The molecule has 12 nitrogen and oxygen atoms in total. The highest BCUT2D eigenvalue weighted by atomic mass is 16.6. The molecule has 12 heteroatoms. The van der Waals surface area contributed by atoms with Gasteiger partial charge < -0.3 is 14.2 Å². The Balaban J connectivity index is 1.50. The van der Waals surface area contributed by atoms with Crippen molar-refractivity contribution in [3.05, 3.63) is 75.6 Å². The maximum absolute atomic E-state index is 13.3. The third-order valence-electron chi connectivity index (χ3n) is 5.85. The van der Waals surface area contributed by atoms with Crippen molar-refractivity contribution in [2.24, 2.45) is 0 Å². The molecule has 0 saturated carbocycles. The van der Waals surface area contributed by atoms with E-state index in [4.69, 9.17) is 14.2 Å². The number of aromatic nitrogens is 2. The maximum atomic E-state index is 13.3. The third-order valence-corrected chi connectivity index (χ3v) is 5.85. The summed E-state index contributed by atoms with van der Waals surface area (Å²) in [6.07, 6.45) is 1.24. The number of hydrazine groups is 1. The van der Waals surface area contributed by atoms with E-state index in [-0.39, 0.29) is 41.8 Å². The first-order chi connectivity index (χ1) is 17.3. The van der Waals surface area contributed by atoms with E-state index in [2.05, 4.69) is 5.10 Å². The van der Waals surface area contributed by atoms with Crippen LogP contribution in [0.2, 0.25) is 0 Å². The molecule has 0 spiro atoms. The van der Waals surface area contributed by atoms with Crippen LogP contribution in [0.5, 0.6) is 11.5 Å². The van der Waals surface area contributed by atoms with Crippen LogP contribution in [0.1, 0.15) is 28.0 Å². The molecule has 0 radical (unpaired) electrons. The molecule has 2 heterocycles. The van der Waals surface area contributed by atoms with Gasteiger partial charge in [0.2, 0.25) is 0 Å². The number of ether oxygens (including phenoxy) is 3. The van der Waals surface area contributed by atoms with Crippen LogP contribution in [0.4, 0.5) is 10.5 Å². The number of hydrogen-bond donors (Lipinski definition) is 0. The standard InChI is InChI=1S/C24H25N5O7/c1-16-19(14-25-28(16)18-8-5-4-6-9-18)23(30)26-10-7-11-27(26)24(31)36-15-17-12-21(34-2)22(35-3)13-20(17)29(32)33/h4-6,8-9,12-14H,7,10-11,15H2,1-3H3. The van der Waals surface area contributed by atoms with Gasteiger partial charge in [-0.15, -0.1) is 0 Å². The second-order valence-electron chi connectivity index (χ2n) is 7.94. The largest absolute Gasteiger partial charge is 0.493 e. The van der Waals surface area contributed by atoms with Crippen LogP contribution in [0.3, 0.4) is 0 Å². The molecule has 2 amide bonds. The number of carbonyl (C=O) groups excluding carboxylic acids is 2. The zero-order chi connectivity index (χ0) is 25.8.